The van der Waals surface area contributed by atoms with Crippen LogP contribution in [0.1, 0.15) is 36.0 Å². The molecule has 31 heavy (non-hydrogen) atoms. The number of thiazole rings is 1. The molecule has 0 bridgehead atoms. The molecule has 164 valence electrons. The van der Waals surface area contributed by atoms with Crippen LogP contribution in [0.3, 0.4) is 0 Å². The quantitative estimate of drug-likeness (QED) is 0.516. The van der Waals surface area contributed by atoms with Crippen molar-refractivity contribution in [2.75, 3.05) is 7.05 Å². The third-order valence-corrected chi connectivity index (χ3v) is 9.49. The molecule has 0 atom stereocenters. The molecular weight excluding hydrogens is 477 g/mol. The van der Waals surface area contributed by atoms with Crippen molar-refractivity contribution in [1.29, 1.82) is 0 Å². The van der Waals surface area contributed by atoms with E-state index in [-0.39, 0.29) is 10.9 Å². The van der Waals surface area contributed by atoms with Crippen LogP contribution in [0.5, 0.6) is 0 Å². The summed E-state index contributed by atoms with van der Waals surface area (Å²) in [6.07, 6.45) is 3.85. The molecule has 1 heterocycles. The van der Waals surface area contributed by atoms with Crippen molar-refractivity contribution >= 4 is 60.7 Å². The first-order valence-electron chi connectivity index (χ1n) is 9.81. The second kappa shape index (κ2) is 8.67. The van der Waals surface area contributed by atoms with Gasteiger partial charge in [0.2, 0.25) is 10.0 Å². The van der Waals surface area contributed by atoms with Crippen LogP contribution in [0.2, 0.25) is 10.0 Å². The Bertz CT molecular complexity index is 1320. The molecule has 1 saturated carbocycles. The number of halogens is 2. The van der Waals surface area contributed by atoms with Crippen molar-refractivity contribution in [3.63, 3.8) is 0 Å². The molecule has 0 saturated heterocycles. The minimum atomic E-state index is -3.60. The first-order chi connectivity index (χ1) is 14.7. The number of carbonyl (C=O) groups is 1. The molecule has 0 spiro atoms. The highest BCUT2D eigenvalue weighted by Crippen LogP contribution is 2.31. The summed E-state index contributed by atoms with van der Waals surface area (Å²) in [5, 5.41) is 1.06. The highest BCUT2D eigenvalue weighted by atomic mass is 35.5. The normalized spacial score (nSPS) is 16.0. The van der Waals surface area contributed by atoms with Crippen molar-refractivity contribution < 1.29 is 13.2 Å². The van der Waals surface area contributed by atoms with E-state index in [9.17, 15) is 13.2 Å². The standard InChI is InChI=1S/C21H21Cl2N3O3S2/c1-25-18-16(22)11-12-17(23)19(18)30-21(25)24-20(27)13-7-9-15(10-8-13)31(28,29)26(2)14-5-3-4-6-14/h7-12,14H,3-6H2,1-2H3. The van der Waals surface area contributed by atoms with Crippen molar-refractivity contribution in [1.82, 2.24) is 8.87 Å². The zero-order valence-electron chi connectivity index (χ0n) is 17.0. The average Bonchev–Trinajstić information content (AvgIpc) is 3.40. The highest BCUT2D eigenvalue weighted by Gasteiger charge is 2.30. The van der Waals surface area contributed by atoms with E-state index in [1.54, 1.807) is 30.8 Å². The van der Waals surface area contributed by atoms with E-state index in [1.807, 2.05) is 0 Å². The first kappa shape index (κ1) is 22.5. The molecule has 1 fully saturated rings. The van der Waals surface area contributed by atoms with E-state index in [2.05, 4.69) is 4.99 Å². The van der Waals surface area contributed by atoms with Crippen molar-refractivity contribution in [3.8, 4) is 0 Å². The van der Waals surface area contributed by atoms with Gasteiger partial charge in [0.05, 0.1) is 25.2 Å². The van der Waals surface area contributed by atoms with E-state index in [4.69, 9.17) is 23.2 Å². The second-order valence-electron chi connectivity index (χ2n) is 7.55. The number of amides is 1. The van der Waals surface area contributed by atoms with Gasteiger partial charge in [-0.1, -0.05) is 47.4 Å². The lowest BCUT2D eigenvalue weighted by Gasteiger charge is -2.23. The summed E-state index contributed by atoms with van der Waals surface area (Å²) in [5.74, 6) is -0.470. The van der Waals surface area contributed by atoms with Crippen LogP contribution in [0.15, 0.2) is 46.3 Å². The number of aromatic nitrogens is 1. The summed E-state index contributed by atoms with van der Waals surface area (Å²) in [6.45, 7) is 0. The van der Waals surface area contributed by atoms with Crippen LogP contribution in [-0.4, -0.2) is 36.3 Å². The molecule has 1 aliphatic rings. The highest BCUT2D eigenvalue weighted by molar-refractivity contribution is 7.89. The monoisotopic (exact) mass is 497 g/mol. The van der Waals surface area contributed by atoms with E-state index in [1.165, 1.54) is 39.9 Å². The Morgan fingerprint density at radius 3 is 2.32 bits per heavy atom. The van der Waals surface area contributed by atoms with Gasteiger partial charge in [-0.25, -0.2) is 8.42 Å². The summed E-state index contributed by atoms with van der Waals surface area (Å²) >= 11 is 13.8. The third kappa shape index (κ3) is 4.19. The van der Waals surface area contributed by atoms with Crippen LogP contribution in [0.4, 0.5) is 0 Å². The number of sulfonamides is 1. The molecule has 6 nitrogen and oxygen atoms in total. The SMILES string of the molecule is CN(C1CCCC1)S(=O)(=O)c1ccc(C(=O)N=c2sc3c(Cl)ccc(Cl)c3n2C)cc1. The predicted octanol–water partition coefficient (Wildman–Crippen LogP) is 4.85. The minimum absolute atomic E-state index is 0.0351. The van der Waals surface area contributed by atoms with Gasteiger partial charge in [0.1, 0.15) is 0 Å². The number of rotatable bonds is 4. The zero-order chi connectivity index (χ0) is 22.3. The lowest BCUT2D eigenvalue weighted by atomic mass is 10.2. The molecule has 0 N–H and O–H groups in total. The fraction of sp³-hybridized carbons (Fsp3) is 0.333. The maximum atomic E-state index is 12.9. The fourth-order valence-corrected chi connectivity index (χ4v) is 6.91. The van der Waals surface area contributed by atoms with E-state index >= 15 is 0 Å². The summed E-state index contributed by atoms with van der Waals surface area (Å²) in [4.78, 5) is 17.5. The van der Waals surface area contributed by atoms with Crippen LogP contribution in [-0.2, 0) is 17.1 Å². The molecule has 1 amide bonds. The predicted molar refractivity (Wildman–Crippen MR) is 124 cm³/mol. The fourth-order valence-electron chi connectivity index (χ4n) is 3.84. The number of hydrogen-bond acceptors (Lipinski definition) is 4. The summed E-state index contributed by atoms with van der Waals surface area (Å²) in [5.41, 5.74) is 1.01. The zero-order valence-corrected chi connectivity index (χ0v) is 20.2. The number of fused-ring (bicyclic) bond motifs is 1. The summed E-state index contributed by atoms with van der Waals surface area (Å²) < 4.78 is 29.7. The summed E-state index contributed by atoms with van der Waals surface area (Å²) in [7, 11) is -0.209. The van der Waals surface area contributed by atoms with Crippen LogP contribution < -0.4 is 4.80 Å². The Balaban J connectivity index is 1.64. The van der Waals surface area contributed by atoms with Gasteiger partial charge in [-0.3, -0.25) is 4.79 Å². The van der Waals surface area contributed by atoms with Gasteiger partial charge in [-0.05, 0) is 49.2 Å². The maximum Gasteiger partial charge on any atom is 0.279 e. The molecule has 1 aliphatic carbocycles. The number of nitrogens with zero attached hydrogens (tertiary/aromatic N) is 3. The number of hydrogen-bond donors (Lipinski definition) is 0. The molecule has 0 unspecified atom stereocenters. The number of benzene rings is 2. The molecular formula is C21H21Cl2N3O3S2. The molecule has 4 rings (SSSR count). The van der Waals surface area contributed by atoms with Crippen LogP contribution >= 0.6 is 34.5 Å². The van der Waals surface area contributed by atoms with Crippen LogP contribution in [0.25, 0.3) is 10.2 Å². The van der Waals surface area contributed by atoms with Crippen molar-refractivity contribution in [2.24, 2.45) is 12.0 Å². The molecule has 10 heteroatoms. The number of carbonyl (C=O) groups excluding carboxylic acids is 1. The summed E-state index contributed by atoms with van der Waals surface area (Å²) in [6, 6.07) is 9.35. The largest absolute Gasteiger partial charge is 0.318 e. The lowest BCUT2D eigenvalue weighted by Crippen LogP contribution is -2.35. The molecule has 1 aromatic heterocycles. The lowest BCUT2D eigenvalue weighted by molar-refractivity contribution is 0.0998. The van der Waals surface area contributed by atoms with Gasteiger partial charge in [-0.15, -0.1) is 0 Å². The molecule has 2 aromatic carbocycles. The van der Waals surface area contributed by atoms with Gasteiger partial charge >= 0.3 is 0 Å². The first-order valence-corrected chi connectivity index (χ1v) is 12.8. The van der Waals surface area contributed by atoms with Crippen molar-refractivity contribution in [2.45, 2.75) is 36.6 Å². The van der Waals surface area contributed by atoms with Crippen LogP contribution in [0, 0.1) is 0 Å². The average molecular weight is 498 g/mol. The minimum Gasteiger partial charge on any atom is -0.318 e. The Labute approximate surface area is 194 Å². The van der Waals surface area contributed by atoms with Gasteiger partial charge in [0.15, 0.2) is 4.80 Å². The topological polar surface area (TPSA) is 71.7 Å². The van der Waals surface area contributed by atoms with Gasteiger partial charge < -0.3 is 4.57 Å². The Hall–Kier alpha value is -1.71. The van der Waals surface area contributed by atoms with Gasteiger partial charge in [0, 0.05) is 25.7 Å². The molecule has 3 aromatic rings. The molecule has 0 radical (unpaired) electrons. The molecule has 0 aliphatic heterocycles. The van der Waals surface area contributed by atoms with Gasteiger partial charge in [0.25, 0.3) is 5.91 Å². The third-order valence-electron chi connectivity index (χ3n) is 5.66. The van der Waals surface area contributed by atoms with E-state index < -0.39 is 15.9 Å². The Kier molecular flexibility index (Phi) is 6.29. The van der Waals surface area contributed by atoms with Crippen molar-refractivity contribution in [3.05, 3.63) is 56.8 Å². The second-order valence-corrected chi connectivity index (χ2v) is 11.3. The van der Waals surface area contributed by atoms with E-state index in [0.717, 1.165) is 30.4 Å². The Morgan fingerprint density at radius 1 is 1.10 bits per heavy atom. The smallest absolute Gasteiger partial charge is 0.279 e. The van der Waals surface area contributed by atoms with Gasteiger partial charge in [-0.2, -0.15) is 9.30 Å². The number of aryl methyl sites for hydroxylation is 1. The van der Waals surface area contributed by atoms with E-state index in [0.29, 0.717) is 25.9 Å². The maximum absolute atomic E-state index is 12.9. The Morgan fingerprint density at radius 2 is 1.71 bits per heavy atom.